The zero-order valence-corrected chi connectivity index (χ0v) is 15.5. The van der Waals surface area contributed by atoms with Crippen molar-refractivity contribution < 1.29 is 19.7 Å². The van der Waals surface area contributed by atoms with Crippen LogP contribution in [0.25, 0.3) is 11.0 Å². The first-order chi connectivity index (χ1) is 13.5. The summed E-state index contributed by atoms with van der Waals surface area (Å²) in [7, 11) is 0. The lowest BCUT2D eigenvalue weighted by Crippen LogP contribution is -2.41. The smallest absolute Gasteiger partial charge is 0.259 e. The van der Waals surface area contributed by atoms with E-state index in [9.17, 15) is 15.0 Å². The van der Waals surface area contributed by atoms with Gasteiger partial charge in [0.1, 0.15) is 28.9 Å². The van der Waals surface area contributed by atoms with E-state index in [1.807, 2.05) is 6.92 Å². The molecule has 1 aliphatic rings. The summed E-state index contributed by atoms with van der Waals surface area (Å²) in [6, 6.07) is 10.2. The number of aromatic hydroxyl groups is 2. The number of hydrogen-bond donors (Lipinski definition) is 2. The van der Waals surface area contributed by atoms with Crippen LogP contribution in [0.5, 0.6) is 17.2 Å². The predicted molar refractivity (Wildman–Crippen MR) is 104 cm³/mol. The number of aryl methyl sites for hydroxylation is 1. The Hall–Kier alpha value is -3.35. The highest BCUT2D eigenvalue weighted by Crippen LogP contribution is 2.29. The van der Waals surface area contributed by atoms with Gasteiger partial charge in [0.2, 0.25) is 0 Å². The zero-order valence-electron chi connectivity index (χ0n) is 15.5. The van der Waals surface area contributed by atoms with Gasteiger partial charge in [-0.05, 0) is 31.2 Å². The Labute approximate surface area is 162 Å². The van der Waals surface area contributed by atoms with Gasteiger partial charge in [-0.15, -0.1) is 0 Å². The van der Waals surface area contributed by atoms with Crippen molar-refractivity contribution in [3.8, 4) is 17.2 Å². The average Bonchev–Trinajstić information content (AvgIpc) is 2.68. The van der Waals surface area contributed by atoms with Crippen LogP contribution in [-0.2, 0) is 0 Å². The number of carbonyl (C=O) groups excluding carboxylic acids is 1. The Morgan fingerprint density at radius 3 is 2.71 bits per heavy atom. The van der Waals surface area contributed by atoms with Crippen LogP contribution < -0.4 is 4.74 Å². The highest BCUT2D eigenvalue weighted by molar-refractivity contribution is 6.01. The quantitative estimate of drug-likeness (QED) is 0.726. The van der Waals surface area contributed by atoms with Gasteiger partial charge in [0.15, 0.2) is 5.65 Å². The minimum absolute atomic E-state index is 0.0265. The number of nitrogens with zero attached hydrogens (tertiary/aromatic N) is 3. The molecule has 7 heteroatoms. The van der Waals surface area contributed by atoms with E-state index in [-0.39, 0.29) is 29.1 Å². The normalized spacial score (nSPS) is 15.0. The predicted octanol–water partition coefficient (Wildman–Crippen LogP) is 3.03. The number of piperidine rings is 1. The number of aromatic nitrogens is 2. The number of benzene rings is 1. The topological polar surface area (TPSA) is 95.8 Å². The lowest BCUT2D eigenvalue weighted by Gasteiger charge is -2.32. The summed E-state index contributed by atoms with van der Waals surface area (Å²) in [6.45, 7) is 2.89. The van der Waals surface area contributed by atoms with Gasteiger partial charge in [0.05, 0.1) is 5.39 Å². The molecular weight excluding hydrogens is 358 g/mol. The standard InChI is InChI=1S/C21H21N3O4/c1-13-5-6-17-19(26)18(12-22-20(17)23-13)21(27)24-9-7-15(8-10-24)28-16-4-2-3-14(25)11-16/h2-6,11-12,15,25H,7-10H2,1H3,(H,22,23,26). The molecule has 3 aromatic rings. The summed E-state index contributed by atoms with van der Waals surface area (Å²) in [4.78, 5) is 23.1. The number of pyridine rings is 2. The van der Waals surface area contributed by atoms with Gasteiger partial charge in [-0.2, -0.15) is 0 Å². The summed E-state index contributed by atoms with van der Waals surface area (Å²) in [6.07, 6.45) is 2.71. The largest absolute Gasteiger partial charge is 0.508 e. The Bertz CT molecular complexity index is 1030. The highest BCUT2D eigenvalue weighted by atomic mass is 16.5. The first-order valence-electron chi connectivity index (χ1n) is 9.21. The summed E-state index contributed by atoms with van der Waals surface area (Å²) >= 11 is 0. The molecular formula is C21H21N3O4. The highest BCUT2D eigenvalue weighted by Gasteiger charge is 2.27. The van der Waals surface area contributed by atoms with Gasteiger partial charge in [0.25, 0.3) is 5.91 Å². The van der Waals surface area contributed by atoms with Crippen molar-refractivity contribution in [3.63, 3.8) is 0 Å². The second-order valence-corrected chi connectivity index (χ2v) is 6.95. The SMILES string of the molecule is Cc1ccc2c(O)c(C(=O)N3CCC(Oc4cccc(O)c4)CC3)cnc2n1. The van der Waals surface area contributed by atoms with E-state index in [0.717, 1.165) is 5.69 Å². The molecule has 1 amide bonds. The van der Waals surface area contributed by atoms with E-state index >= 15 is 0 Å². The van der Waals surface area contributed by atoms with Crippen LogP contribution in [0.15, 0.2) is 42.6 Å². The Kier molecular flexibility index (Phi) is 4.73. The maximum absolute atomic E-state index is 12.9. The third kappa shape index (κ3) is 3.55. The van der Waals surface area contributed by atoms with Crippen LogP contribution in [0.2, 0.25) is 0 Å². The Morgan fingerprint density at radius 2 is 1.96 bits per heavy atom. The van der Waals surface area contributed by atoms with E-state index in [2.05, 4.69) is 9.97 Å². The molecule has 0 saturated carbocycles. The van der Waals surface area contributed by atoms with Crippen LogP contribution in [0, 0.1) is 6.92 Å². The van der Waals surface area contributed by atoms with Crippen LogP contribution in [0.1, 0.15) is 28.9 Å². The third-order valence-corrected chi connectivity index (χ3v) is 4.92. The molecule has 4 rings (SSSR count). The second kappa shape index (κ2) is 7.34. The molecule has 0 radical (unpaired) electrons. The molecule has 0 atom stereocenters. The summed E-state index contributed by atoms with van der Waals surface area (Å²) in [5.41, 5.74) is 1.41. The van der Waals surface area contributed by atoms with Crippen molar-refractivity contribution in [3.05, 3.63) is 53.9 Å². The van der Waals surface area contributed by atoms with Crippen LogP contribution in [0.4, 0.5) is 0 Å². The monoisotopic (exact) mass is 379 g/mol. The molecule has 2 aromatic heterocycles. The lowest BCUT2D eigenvalue weighted by atomic mass is 10.1. The summed E-state index contributed by atoms with van der Waals surface area (Å²) in [5.74, 6) is 0.446. The van der Waals surface area contributed by atoms with Crippen molar-refractivity contribution in [1.82, 2.24) is 14.9 Å². The third-order valence-electron chi connectivity index (χ3n) is 4.92. The van der Waals surface area contributed by atoms with Crippen molar-refractivity contribution in [1.29, 1.82) is 0 Å². The first-order valence-corrected chi connectivity index (χ1v) is 9.21. The number of likely N-dealkylation sites (tertiary alicyclic amines) is 1. The molecule has 28 heavy (non-hydrogen) atoms. The lowest BCUT2D eigenvalue weighted by molar-refractivity contribution is 0.0592. The maximum Gasteiger partial charge on any atom is 0.259 e. The molecule has 144 valence electrons. The van der Waals surface area contributed by atoms with E-state index in [4.69, 9.17) is 4.74 Å². The summed E-state index contributed by atoms with van der Waals surface area (Å²) in [5, 5.41) is 20.5. The van der Waals surface area contributed by atoms with Gasteiger partial charge in [-0.25, -0.2) is 9.97 Å². The molecule has 1 fully saturated rings. The first kappa shape index (κ1) is 18.0. The van der Waals surface area contributed by atoms with Crippen molar-refractivity contribution in [2.45, 2.75) is 25.9 Å². The fourth-order valence-corrected chi connectivity index (χ4v) is 3.41. The van der Waals surface area contributed by atoms with Crippen molar-refractivity contribution >= 4 is 16.9 Å². The number of rotatable bonds is 3. The molecule has 0 aliphatic carbocycles. The average molecular weight is 379 g/mol. The Balaban J connectivity index is 1.45. The Morgan fingerprint density at radius 1 is 1.18 bits per heavy atom. The van der Waals surface area contributed by atoms with Crippen LogP contribution in [-0.4, -0.2) is 50.2 Å². The van der Waals surface area contributed by atoms with Crippen molar-refractivity contribution in [2.75, 3.05) is 13.1 Å². The molecule has 7 nitrogen and oxygen atoms in total. The van der Waals surface area contributed by atoms with E-state index in [1.165, 1.54) is 6.20 Å². The van der Waals surface area contributed by atoms with E-state index < -0.39 is 0 Å². The number of phenolic OH excluding ortho intramolecular Hbond substituents is 1. The van der Waals surface area contributed by atoms with Gasteiger partial charge in [0, 0.05) is 43.9 Å². The van der Waals surface area contributed by atoms with Gasteiger partial charge < -0.3 is 19.8 Å². The molecule has 1 aromatic carbocycles. The number of hydrogen-bond acceptors (Lipinski definition) is 6. The minimum atomic E-state index is -0.247. The van der Waals surface area contributed by atoms with Gasteiger partial charge >= 0.3 is 0 Å². The molecule has 1 saturated heterocycles. The fraction of sp³-hybridized carbons (Fsp3) is 0.286. The van der Waals surface area contributed by atoms with Crippen molar-refractivity contribution in [2.24, 2.45) is 0 Å². The molecule has 0 spiro atoms. The zero-order chi connectivity index (χ0) is 19.7. The number of carbonyl (C=O) groups is 1. The molecule has 0 bridgehead atoms. The number of fused-ring (bicyclic) bond motifs is 1. The van der Waals surface area contributed by atoms with Crippen LogP contribution in [0.3, 0.4) is 0 Å². The van der Waals surface area contributed by atoms with E-state index in [0.29, 0.717) is 42.7 Å². The molecule has 0 unspecified atom stereocenters. The number of amides is 1. The maximum atomic E-state index is 12.9. The number of phenols is 1. The molecule has 2 N–H and O–H groups in total. The number of ether oxygens (including phenoxy) is 1. The van der Waals surface area contributed by atoms with Gasteiger partial charge in [-0.3, -0.25) is 4.79 Å². The van der Waals surface area contributed by atoms with Gasteiger partial charge in [-0.1, -0.05) is 6.07 Å². The fourth-order valence-electron chi connectivity index (χ4n) is 3.41. The minimum Gasteiger partial charge on any atom is -0.508 e. The second-order valence-electron chi connectivity index (χ2n) is 6.95. The molecule has 3 heterocycles. The summed E-state index contributed by atoms with van der Waals surface area (Å²) < 4.78 is 5.89. The van der Waals surface area contributed by atoms with E-state index in [1.54, 1.807) is 41.3 Å². The van der Waals surface area contributed by atoms with Crippen LogP contribution >= 0.6 is 0 Å². The molecule has 1 aliphatic heterocycles.